The molecule has 0 N–H and O–H groups in total. The van der Waals surface area contributed by atoms with Crippen molar-refractivity contribution in [3.63, 3.8) is 0 Å². The number of fused-ring (bicyclic) bond motifs is 1. The van der Waals surface area contributed by atoms with Crippen molar-refractivity contribution in [1.82, 2.24) is 0 Å². The van der Waals surface area contributed by atoms with Crippen molar-refractivity contribution in [2.24, 2.45) is 5.92 Å². The second-order valence-electron chi connectivity index (χ2n) is 7.59. The van der Waals surface area contributed by atoms with E-state index in [1.165, 1.54) is 6.26 Å². The van der Waals surface area contributed by atoms with E-state index in [1.807, 2.05) is 6.07 Å². The molecular weight excluding hydrogens is 464 g/mol. The van der Waals surface area contributed by atoms with E-state index in [-0.39, 0.29) is 29.9 Å². The molecular formula is C24H23BrO6. The molecule has 162 valence electrons. The van der Waals surface area contributed by atoms with Crippen LogP contribution in [-0.4, -0.2) is 38.2 Å². The smallest absolute Gasteiger partial charge is 0.338 e. The van der Waals surface area contributed by atoms with E-state index in [2.05, 4.69) is 15.9 Å². The van der Waals surface area contributed by atoms with E-state index >= 15 is 0 Å². The fourth-order valence-electron chi connectivity index (χ4n) is 4.08. The Morgan fingerprint density at radius 2 is 1.77 bits per heavy atom. The highest BCUT2D eigenvalue weighted by Crippen LogP contribution is 2.39. The molecule has 1 heterocycles. The Morgan fingerprint density at radius 3 is 2.48 bits per heavy atom. The molecule has 31 heavy (non-hydrogen) atoms. The van der Waals surface area contributed by atoms with Crippen LogP contribution in [0, 0.1) is 5.92 Å². The van der Waals surface area contributed by atoms with E-state index in [4.69, 9.17) is 18.9 Å². The largest absolute Gasteiger partial charge is 0.496 e. The molecule has 2 aromatic carbocycles. The van der Waals surface area contributed by atoms with Crippen molar-refractivity contribution >= 4 is 33.3 Å². The Bertz CT molecular complexity index is 1010. The van der Waals surface area contributed by atoms with Gasteiger partial charge in [0.25, 0.3) is 0 Å². The minimum Gasteiger partial charge on any atom is -0.496 e. The number of ketones is 1. The third-order valence-corrected chi connectivity index (χ3v) is 6.28. The Kier molecular flexibility index (Phi) is 6.32. The van der Waals surface area contributed by atoms with Gasteiger partial charge in [0.1, 0.15) is 12.2 Å². The summed E-state index contributed by atoms with van der Waals surface area (Å²) < 4.78 is 23.1. The van der Waals surface area contributed by atoms with E-state index < -0.39 is 0 Å². The number of hydrogen-bond acceptors (Lipinski definition) is 6. The van der Waals surface area contributed by atoms with Gasteiger partial charge in [-0.2, -0.15) is 0 Å². The lowest BCUT2D eigenvalue weighted by Crippen LogP contribution is -2.42. The molecule has 2 aliphatic rings. The molecule has 1 aliphatic heterocycles. The van der Waals surface area contributed by atoms with Crippen molar-refractivity contribution in [3.05, 3.63) is 64.3 Å². The average molecular weight is 487 g/mol. The summed E-state index contributed by atoms with van der Waals surface area (Å²) in [4.78, 5) is 25.6. The average Bonchev–Trinajstić information content (AvgIpc) is 2.79. The van der Waals surface area contributed by atoms with Gasteiger partial charge in [-0.3, -0.25) is 4.79 Å². The molecule has 4 rings (SSSR count). The highest BCUT2D eigenvalue weighted by atomic mass is 79.9. The lowest BCUT2D eigenvalue weighted by Gasteiger charge is -2.37. The minimum atomic E-state index is -0.361. The number of benzene rings is 2. The van der Waals surface area contributed by atoms with Crippen LogP contribution in [0.15, 0.2) is 53.2 Å². The van der Waals surface area contributed by atoms with Crippen molar-refractivity contribution < 1.29 is 28.5 Å². The topological polar surface area (TPSA) is 71.1 Å². The molecule has 2 aromatic rings. The van der Waals surface area contributed by atoms with Gasteiger partial charge >= 0.3 is 5.97 Å². The Hall–Kier alpha value is -2.80. The van der Waals surface area contributed by atoms with Gasteiger partial charge in [-0.1, -0.05) is 22.0 Å². The summed E-state index contributed by atoms with van der Waals surface area (Å²) in [7, 11) is 3.13. The third kappa shape index (κ3) is 4.46. The van der Waals surface area contributed by atoms with Gasteiger partial charge in [0.05, 0.1) is 37.5 Å². The summed E-state index contributed by atoms with van der Waals surface area (Å²) >= 11 is 3.35. The number of ether oxygens (including phenoxy) is 4. The van der Waals surface area contributed by atoms with E-state index in [0.29, 0.717) is 41.9 Å². The van der Waals surface area contributed by atoms with Crippen molar-refractivity contribution in [3.8, 4) is 11.5 Å². The van der Waals surface area contributed by atoms with Gasteiger partial charge in [-0.15, -0.1) is 0 Å². The molecule has 1 saturated carbocycles. The minimum absolute atomic E-state index is 0.0427. The molecule has 1 fully saturated rings. The fourth-order valence-corrected chi connectivity index (χ4v) is 4.35. The number of hydrogen-bond donors (Lipinski definition) is 0. The maximum absolute atomic E-state index is 13.2. The number of methoxy groups -OCH3 is 2. The van der Waals surface area contributed by atoms with Gasteiger partial charge in [0, 0.05) is 10.9 Å². The van der Waals surface area contributed by atoms with Gasteiger partial charge < -0.3 is 18.9 Å². The monoisotopic (exact) mass is 486 g/mol. The molecule has 0 bridgehead atoms. The Labute approximate surface area is 189 Å². The predicted octanol–water partition coefficient (Wildman–Crippen LogP) is 4.80. The number of rotatable bonds is 5. The van der Waals surface area contributed by atoms with Crippen molar-refractivity contribution in [2.45, 2.75) is 31.5 Å². The van der Waals surface area contributed by atoms with E-state index in [1.54, 1.807) is 50.6 Å². The maximum Gasteiger partial charge on any atom is 0.338 e. The van der Waals surface area contributed by atoms with E-state index in [9.17, 15) is 9.59 Å². The fraction of sp³-hybridized carbons (Fsp3) is 0.333. The van der Waals surface area contributed by atoms with Crippen LogP contribution in [0.5, 0.6) is 11.5 Å². The summed E-state index contributed by atoms with van der Waals surface area (Å²) in [5.41, 5.74) is 1.75. The molecule has 0 aromatic heterocycles. The first-order chi connectivity index (χ1) is 15.0. The van der Waals surface area contributed by atoms with Crippen LogP contribution in [0.3, 0.4) is 0 Å². The first kappa shape index (κ1) is 21.4. The lowest BCUT2D eigenvalue weighted by atomic mass is 9.78. The normalized spacial score (nSPS) is 22.6. The highest BCUT2D eigenvalue weighted by Gasteiger charge is 2.41. The van der Waals surface area contributed by atoms with E-state index in [0.717, 1.165) is 10.0 Å². The maximum atomic E-state index is 13.2. The zero-order valence-electron chi connectivity index (χ0n) is 17.3. The van der Waals surface area contributed by atoms with Crippen LogP contribution < -0.4 is 9.47 Å². The quantitative estimate of drug-likeness (QED) is 0.565. The van der Waals surface area contributed by atoms with Crippen molar-refractivity contribution in [1.29, 1.82) is 0 Å². The second-order valence-corrected chi connectivity index (χ2v) is 8.51. The zero-order valence-corrected chi connectivity index (χ0v) is 18.9. The molecule has 3 atom stereocenters. The van der Waals surface area contributed by atoms with Crippen LogP contribution in [-0.2, 0) is 14.3 Å². The van der Waals surface area contributed by atoms with Gasteiger partial charge in [0.15, 0.2) is 17.3 Å². The molecule has 0 radical (unpaired) electrons. The highest BCUT2D eigenvalue weighted by molar-refractivity contribution is 9.10. The summed E-state index contributed by atoms with van der Waals surface area (Å²) in [6.45, 7) is 0. The van der Waals surface area contributed by atoms with Crippen molar-refractivity contribution in [2.75, 3.05) is 14.2 Å². The zero-order chi connectivity index (χ0) is 22.0. The number of carbonyl (C=O) groups excluding carboxylic acids is 2. The molecule has 1 aliphatic carbocycles. The Morgan fingerprint density at radius 1 is 1.03 bits per heavy atom. The molecule has 3 unspecified atom stereocenters. The first-order valence-electron chi connectivity index (χ1n) is 10.1. The predicted molar refractivity (Wildman–Crippen MR) is 118 cm³/mol. The molecule has 0 amide bonds. The van der Waals surface area contributed by atoms with Gasteiger partial charge in [-0.05, 0) is 54.8 Å². The summed E-state index contributed by atoms with van der Waals surface area (Å²) in [5, 5.41) is 0. The van der Waals surface area contributed by atoms with Crippen LogP contribution >= 0.6 is 15.9 Å². The molecule has 0 spiro atoms. The molecule has 0 saturated heterocycles. The summed E-state index contributed by atoms with van der Waals surface area (Å²) in [6, 6.07) is 12.4. The second kappa shape index (κ2) is 9.14. The number of allylic oxidation sites excluding steroid dienone is 1. The summed E-state index contributed by atoms with van der Waals surface area (Å²) in [6.07, 6.45) is 2.66. The van der Waals surface area contributed by atoms with Crippen LogP contribution in [0.25, 0.3) is 5.57 Å². The molecule has 7 heteroatoms. The lowest BCUT2D eigenvalue weighted by molar-refractivity contribution is -0.126. The van der Waals surface area contributed by atoms with Crippen LogP contribution in [0.1, 0.15) is 35.2 Å². The van der Waals surface area contributed by atoms with Crippen LogP contribution in [0.4, 0.5) is 0 Å². The standard InChI is InChI=1S/C24H23BrO6/c1-28-20-10-5-15(11-22(20)29-2)19-13-30-21-12-17(8-9-18(21)23(19)26)31-24(27)14-3-6-16(25)7-4-14/h3-7,10-11,13,17-18,21H,8-9,12H2,1-2H3. The number of Topliss-reactive ketones (excluding diaryl/α,β-unsaturated/α-hetero) is 1. The number of carbonyl (C=O) groups is 2. The van der Waals surface area contributed by atoms with Crippen LogP contribution in [0.2, 0.25) is 0 Å². The summed E-state index contributed by atoms with van der Waals surface area (Å²) in [5.74, 6) is 0.581. The molecule has 6 nitrogen and oxygen atoms in total. The third-order valence-electron chi connectivity index (χ3n) is 5.75. The number of halogens is 1. The first-order valence-corrected chi connectivity index (χ1v) is 10.9. The SMILES string of the molecule is COc1ccc(C2=COC3CC(OC(=O)c4ccc(Br)cc4)CCC3C2=O)cc1OC. The van der Waals surface area contributed by atoms with Gasteiger partial charge in [-0.25, -0.2) is 4.79 Å². The number of esters is 1. The van der Waals surface area contributed by atoms with Gasteiger partial charge in [0.2, 0.25) is 0 Å². The Balaban J connectivity index is 1.45.